The third-order valence-electron chi connectivity index (χ3n) is 5.94. The fourth-order valence-electron chi connectivity index (χ4n) is 4.19. The average molecular weight is 463 g/mol. The molecular formula is C25H23FN4O2S. The van der Waals surface area contributed by atoms with E-state index in [1.54, 1.807) is 16.7 Å². The second-order valence-electron chi connectivity index (χ2n) is 8.30. The molecule has 1 aliphatic rings. The Balaban J connectivity index is 1.48. The van der Waals surface area contributed by atoms with Crippen molar-refractivity contribution in [2.45, 2.75) is 19.8 Å². The molecule has 0 saturated carbocycles. The number of anilines is 2. The number of thiophene rings is 1. The number of amides is 1. The van der Waals surface area contributed by atoms with Gasteiger partial charge in [-0.1, -0.05) is 17.7 Å². The second kappa shape index (κ2) is 8.78. The zero-order valence-corrected chi connectivity index (χ0v) is 18.9. The van der Waals surface area contributed by atoms with E-state index in [0.717, 1.165) is 24.1 Å². The summed E-state index contributed by atoms with van der Waals surface area (Å²) >= 11 is 1.38. The minimum Gasteiger partial charge on any atom is -0.341 e. The number of carbonyl (C=O) groups is 1. The fourth-order valence-corrected chi connectivity index (χ4v) is 4.95. The molecule has 1 N–H and O–H groups in total. The number of aryl methyl sites for hydroxylation is 1. The summed E-state index contributed by atoms with van der Waals surface area (Å²) < 4.78 is 15.4. The van der Waals surface area contributed by atoms with Gasteiger partial charge < -0.3 is 10.2 Å². The lowest BCUT2D eigenvalue weighted by Crippen LogP contribution is -2.43. The van der Waals surface area contributed by atoms with Crippen LogP contribution >= 0.6 is 11.3 Å². The normalized spacial score (nSPS) is 16.2. The summed E-state index contributed by atoms with van der Waals surface area (Å²) in [6.07, 6.45) is 1.53. The van der Waals surface area contributed by atoms with E-state index in [2.05, 4.69) is 5.32 Å². The van der Waals surface area contributed by atoms with E-state index in [0.29, 0.717) is 34.9 Å². The Kier molecular flexibility index (Phi) is 5.68. The van der Waals surface area contributed by atoms with Crippen molar-refractivity contribution in [2.75, 3.05) is 23.3 Å². The number of hydrogen-bond acceptors (Lipinski definition) is 5. The first-order valence-corrected chi connectivity index (χ1v) is 11.8. The van der Waals surface area contributed by atoms with Gasteiger partial charge in [-0.25, -0.2) is 13.9 Å². The van der Waals surface area contributed by atoms with E-state index in [1.807, 2.05) is 47.5 Å². The van der Waals surface area contributed by atoms with Gasteiger partial charge in [-0.05, 0) is 67.6 Å². The van der Waals surface area contributed by atoms with Crippen LogP contribution in [0.3, 0.4) is 0 Å². The minimum atomic E-state index is -0.346. The van der Waals surface area contributed by atoms with Crippen LogP contribution < -0.4 is 15.8 Å². The predicted octanol–water partition coefficient (Wildman–Crippen LogP) is 4.75. The van der Waals surface area contributed by atoms with Crippen LogP contribution in [0.25, 0.3) is 15.9 Å². The molecule has 6 nitrogen and oxygen atoms in total. The lowest BCUT2D eigenvalue weighted by molar-refractivity contribution is -0.120. The van der Waals surface area contributed by atoms with Gasteiger partial charge in [-0.2, -0.15) is 0 Å². The van der Waals surface area contributed by atoms with Crippen molar-refractivity contribution in [2.24, 2.45) is 5.92 Å². The highest BCUT2D eigenvalue weighted by Gasteiger charge is 2.29. The van der Waals surface area contributed by atoms with E-state index in [1.165, 1.54) is 23.5 Å². The molecular weight excluding hydrogens is 439 g/mol. The molecule has 1 atom stereocenters. The number of carbonyl (C=O) groups excluding carboxylic acids is 1. The summed E-state index contributed by atoms with van der Waals surface area (Å²) in [4.78, 5) is 33.2. The second-order valence-corrected chi connectivity index (χ2v) is 9.22. The van der Waals surface area contributed by atoms with Gasteiger partial charge in [-0.3, -0.25) is 9.59 Å². The molecule has 4 aromatic rings. The van der Waals surface area contributed by atoms with Crippen LogP contribution in [0.5, 0.6) is 0 Å². The van der Waals surface area contributed by atoms with Crippen molar-refractivity contribution in [3.05, 3.63) is 81.7 Å². The lowest BCUT2D eigenvalue weighted by Gasteiger charge is -2.34. The molecule has 168 valence electrons. The molecule has 2 aromatic heterocycles. The number of fused-ring (bicyclic) bond motifs is 1. The highest BCUT2D eigenvalue weighted by Crippen LogP contribution is 2.27. The monoisotopic (exact) mass is 462 g/mol. The Hall–Kier alpha value is -3.52. The number of aromatic nitrogens is 2. The van der Waals surface area contributed by atoms with Gasteiger partial charge >= 0.3 is 0 Å². The van der Waals surface area contributed by atoms with Crippen molar-refractivity contribution < 1.29 is 9.18 Å². The molecule has 0 radical (unpaired) electrons. The van der Waals surface area contributed by atoms with E-state index in [-0.39, 0.29) is 23.2 Å². The van der Waals surface area contributed by atoms with Gasteiger partial charge in [0.1, 0.15) is 10.5 Å². The van der Waals surface area contributed by atoms with Crippen LogP contribution in [0.2, 0.25) is 0 Å². The number of halogens is 1. The summed E-state index contributed by atoms with van der Waals surface area (Å²) in [6.45, 7) is 3.15. The van der Waals surface area contributed by atoms with Gasteiger partial charge in [0.25, 0.3) is 5.56 Å². The summed E-state index contributed by atoms with van der Waals surface area (Å²) in [5, 5.41) is 4.75. The zero-order chi connectivity index (χ0) is 22.9. The van der Waals surface area contributed by atoms with Crippen LogP contribution in [-0.2, 0) is 4.79 Å². The third-order valence-corrected chi connectivity index (χ3v) is 6.83. The van der Waals surface area contributed by atoms with Crippen molar-refractivity contribution in [1.82, 2.24) is 9.55 Å². The van der Waals surface area contributed by atoms with Gasteiger partial charge in [0.2, 0.25) is 11.9 Å². The largest absolute Gasteiger partial charge is 0.341 e. The van der Waals surface area contributed by atoms with Gasteiger partial charge in [0.15, 0.2) is 0 Å². The first-order chi connectivity index (χ1) is 16.0. The van der Waals surface area contributed by atoms with Crippen LogP contribution in [0.4, 0.5) is 16.0 Å². The Morgan fingerprint density at radius 2 is 1.88 bits per heavy atom. The molecule has 1 amide bonds. The highest BCUT2D eigenvalue weighted by molar-refractivity contribution is 7.17. The van der Waals surface area contributed by atoms with Gasteiger partial charge in [0.05, 0.1) is 17.1 Å². The number of nitrogens with one attached hydrogen (secondary N) is 1. The Morgan fingerprint density at radius 3 is 2.64 bits per heavy atom. The van der Waals surface area contributed by atoms with Crippen LogP contribution in [0.15, 0.2) is 64.8 Å². The molecule has 0 spiro atoms. The molecule has 1 aliphatic heterocycles. The van der Waals surface area contributed by atoms with Crippen molar-refractivity contribution in [3.8, 4) is 5.69 Å². The topological polar surface area (TPSA) is 67.2 Å². The van der Waals surface area contributed by atoms with Gasteiger partial charge in [0, 0.05) is 18.8 Å². The summed E-state index contributed by atoms with van der Waals surface area (Å²) in [7, 11) is 0. The number of piperidine rings is 1. The molecule has 0 aliphatic carbocycles. The minimum absolute atomic E-state index is 0.105. The van der Waals surface area contributed by atoms with E-state index in [9.17, 15) is 14.0 Å². The first-order valence-electron chi connectivity index (χ1n) is 10.9. The molecule has 0 unspecified atom stereocenters. The summed E-state index contributed by atoms with van der Waals surface area (Å²) in [5.74, 6) is -0.188. The smallest absolute Gasteiger partial charge is 0.277 e. The van der Waals surface area contributed by atoms with Crippen molar-refractivity contribution in [3.63, 3.8) is 0 Å². The number of hydrogen-bond donors (Lipinski definition) is 1. The lowest BCUT2D eigenvalue weighted by atomic mass is 9.97. The predicted molar refractivity (Wildman–Crippen MR) is 130 cm³/mol. The van der Waals surface area contributed by atoms with E-state index in [4.69, 9.17) is 4.98 Å². The molecule has 0 bridgehead atoms. The molecule has 8 heteroatoms. The molecule has 1 saturated heterocycles. The third kappa shape index (κ3) is 4.26. The molecule has 3 heterocycles. The van der Waals surface area contributed by atoms with Crippen LogP contribution in [0, 0.1) is 18.7 Å². The van der Waals surface area contributed by atoms with E-state index < -0.39 is 0 Å². The molecule has 33 heavy (non-hydrogen) atoms. The molecule has 1 fully saturated rings. The number of nitrogens with zero attached hydrogens (tertiary/aromatic N) is 3. The maximum absolute atomic E-state index is 13.4. The van der Waals surface area contributed by atoms with Gasteiger partial charge in [-0.15, -0.1) is 11.3 Å². The average Bonchev–Trinajstić information content (AvgIpc) is 3.31. The quantitative estimate of drug-likeness (QED) is 0.475. The Bertz CT molecular complexity index is 1360. The maximum Gasteiger partial charge on any atom is 0.277 e. The summed E-state index contributed by atoms with van der Waals surface area (Å²) in [6, 6.07) is 15.4. The van der Waals surface area contributed by atoms with Crippen molar-refractivity contribution >= 4 is 39.1 Å². The summed E-state index contributed by atoms with van der Waals surface area (Å²) in [5.41, 5.74) is 2.98. The molecule has 5 rings (SSSR count). The van der Waals surface area contributed by atoms with Crippen LogP contribution in [-0.4, -0.2) is 28.5 Å². The van der Waals surface area contributed by atoms with E-state index >= 15 is 0 Å². The standard InChI is InChI=1S/C25H23FN4O2S/c1-16-4-10-20(11-5-16)30-24(32)22-21(12-14-33-22)28-25(30)29-13-2-3-17(15-29)23(31)27-19-8-6-18(26)7-9-19/h4-12,14,17H,2-3,13,15H2,1H3,(H,27,31)/t17-/m1/s1. The number of benzene rings is 2. The van der Waals surface area contributed by atoms with Crippen molar-refractivity contribution in [1.29, 1.82) is 0 Å². The highest BCUT2D eigenvalue weighted by atomic mass is 32.1. The SMILES string of the molecule is Cc1ccc(-n2c(N3CCC[C@@H](C(=O)Nc4ccc(F)cc4)C3)nc3ccsc3c2=O)cc1. The Labute approximate surface area is 194 Å². The number of rotatable bonds is 4. The zero-order valence-electron chi connectivity index (χ0n) is 18.1. The fraction of sp³-hybridized carbons (Fsp3) is 0.240. The first kappa shape index (κ1) is 21.3. The van der Waals surface area contributed by atoms with Crippen LogP contribution in [0.1, 0.15) is 18.4 Å². The molecule has 2 aromatic carbocycles. The Morgan fingerprint density at radius 1 is 1.12 bits per heavy atom. The maximum atomic E-state index is 13.4.